The van der Waals surface area contributed by atoms with E-state index in [1.807, 2.05) is 36.7 Å². The first kappa shape index (κ1) is 22.5. The number of hydrogen-bond acceptors (Lipinski definition) is 6. The summed E-state index contributed by atoms with van der Waals surface area (Å²) in [6, 6.07) is 8.09. The third-order valence-corrected chi connectivity index (χ3v) is 5.42. The van der Waals surface area contributed by atoms with Gasteiger partial charge in [0.05, 0.1) is 22.2 Å². The molecule has 1 aliphatic heterocycles. The molecule has 0 spiro atoms. The number of aromatic nitrogens is 1. The van der Waals surface area contributed by atoms with Gasteiger partial charge in [-0.25, -0.2) is 10.5 Å². The first-order valence-corrected chi connectivity index (χ1v) is 10.4. The van der Waals surface area contributed by atoms with E-state index in [1.54, 1.807) is 16.2 Å². The number of amides is 1. The van der Waals surface area contributed by atoms with E-state index in [4.69, 9.17) is 5.21 Å². The van der Waals surface area contributed by atoms with Gasteiger partial charge in [0.15, 0.2) is 0 Å². The summed E-state index contributed by atoms with van der Waals surface area (Å²) < 4.78 is 0. The normalized spacial score (nSPS) is 16.6. The largest absolute Gasteiger partial charge is 0.391 e. The standard InChI is InChI=1S/C11H12N2OS.C10H19NO2/c1-8-11(15-7-12-8)10-4-2-9(3-5-10)6-13-14;1-10(2,3)6-9(13)11-5-4-8(12)7-11/h2-5,7,13-14H,6H2,1H3;8,12H,4-7H2,1-3H3. The predicted molar refractivity (Wildman–Crippen MR) is 112 cm³/mol. The quantitative estimate of drug-likeness (QED) is 0.677. The number of rotatable bonds is 4. The Hall–Kier alpha value is -1.80. The number of nitrogens with zero attached hydrogens (tertiary/aromatic N) is 2. The number of aliphatic hydroxyl groups is 1. The van der Waals surface area contributed by atoms with Crippen LogP contribution >= 0.6 is 11.3 Å². The Balaban J connectivity index is 0.000000203. The topological polar surface area (TPSA) is 85.7 Å². The van der Waals surface area contributed by atoms with Gasteiger partial charge >= 0.3 is 0 Å². The van der Waals surface area contributed by atoms with E-state index < -0.39 is 0 Å². The van der Waals surface area contributed by atoms with Crippen molar-refractivity contribution in [3.8, 4) is 10.4 Å². The Morgan fingerprint density at radius 1 is 1.32 bits per heavy atom. The second kappa shape index (κ2) is 10.1. The van der Waals surface area contributed by atoms with Gasteiger partial charge in [0.25, 0.3) is 0 Å². The Morgan fingerprint density at radius 2 is 2.00 bits per heavy atom. The lowest BCUT2D eigenvalue weighted by atomic mass is 9.92. The van der Waals surface area contributed by atoms with Gasteiger partial charge in [-0.2, -0.15) is 0 Å². The van der Waals surface area contributed by atoms with Crippen molar-refractivity contribution in [2.75, 3.05) is 13.1 Å². The molecule has 2 aromatic rings. The molecule has 2 heterocycles. The van der Waals surface area contributed by atoms with E-state index >= 15 is 0 Å². The molecule has 0 radical (unpaired) electrons. The summed E-state index contributed by atoms with van der Waals surface area (Å²) in [7, 11) is 0. The highest BCUT2D eigenvalue weighted by molar-refractivity contribution is 7.13. The van der Waals surface area contributed by atoms with E-state index in [9.17, 15) is 9.90 Å². The van der Waals surface area contributed by atoms with Crippen LogP contribution in [0.15, 0.2) is 29.8 Å². The van der Waals surface area contributed by atoms with Crippen molar-refractivity contribution >= 4 is 17.2 Å². The molecule has 1 aromatic heterocycles. The smallest absolute Gasteiger partial charge is 0.223 e. The second-order valence-corrected chi connectivity index (χ2v) is 9.17. The fraction of sp³-hybridized carbons (Fsp3) is 0.524. The molecule has 7 heteroatoms. The Labute approximate surface area is 171 Å². The molecule has 28 heavy (non-hydrogen) atoms. The van der Waals surface area contributed by atoms with Gasteiger partial charge in [0.2, 0.25) is 5.91 Å². The first-order valence-electron chi connectivity index (χ1n) is 9.52. The van der Waals surface area contributed by atoms with Gasteiger partial charge in [-0.3, -0.25) is 4.79 Å². The third-order valence-electron chi connectivity index (χ3n) is 4.44. The highest BCUT2D eigenvalue weighted by Gasteiger charge is 2.27. The average molecular weight is 406 g/mol. The van der Waals surface area contributed by atoms with Crippen LogP contribution in [0.25, 0.3) is 10.4 Å². The predicted octanol–water partition coefficient (Wildman–Crippen LogP) is 3.61. The van der Waals surface area contributed by atoms with Gasteiger partial charge in [-0.15, -0.1) is 11.3 Å². The summed E-state index contributed by atoms with van der Waals surface area (Å²) >= 11 is 1.65. The van der Waals surface area contributed by atoms with Gasteiger partial charge < -0.3 is 15.2 Å². The number of likely N-dealkylation sites (tertiary alicyclic amines) is 1. The van der Waals surface area contributed by atoms with E-state index in [0.717, 1.165) is 24.2 Å². The molecular weight excluding hydrogens is 374 g/mol. The lowest BCUT2D eigenvalue weighted by molar-refractivity contribution is -0.132. The minimum Gasteiger partial charge on any atom is -0.391 e. The molecule has 3 N–H and O–H groups in total. The molecule has 0 saturated carbocycles. The van der Waals surface area contributed by atoms with Crippen LogP contribution in [0.3, 0.4) is 0 Å². The molecule has 1 atom stereocenters. The molecule has 1 aliphatic rings. The Bertz CT molecular complexity index is 753. The third kappa shape index (κ3) is 6.98. The van der Waals surface area contributed by atoms with Crippen LogP contribution in [0.1, 0.15) is 44.9 Å². The highest BCUT2D eigenvalue weighted by Crippen LogP contribution is 2.27. The van der Waals surface area contributed by atoms with Crippen molar-refractivity contribution in [3.63, 3.8) is 0 Å². The second-order valence-electron chi connectivity index (χ2n) is 8.32. The van der Waals surface area contributed by atoms with Gasteiger partial charge in [0, 0.05) is 26.1 Å². The molecule has 1 fully saturated rings. The summed E-state index contributed by atoms with van der Waals surface area (Å²) in [5, 5.41) is 17.8. The molecule has 6 nitrogen and oxygen atoms in total. The Kier molecular flexibility index (Phi) is 8.12. The number of thiazole rings is 1. The van der Waals surface area contributed by atoms with Crippen LogP contribution in [0.5, 0.6) is 0 Å². The van der Waals surface area contributed by atoms with Gasteiger partial charge in [0.1, 0.15) is 0 Å². The van der Waals surface area contributed by atoms with Gasteiger partial charge in [-0.1, -0.05) is 45.0 Å². The molecule has 1 aromatic carbocycles. The van der Waals surface area contributed by atoms with Crippen molar-refractivity contribution in [1.29, 1.82) is 0 Å². The maximum Gasteiger partial charge on any atom is 0.223 e. The maximum atomic E-state index is 11.6. The summed E-state index contributed by atoms with van der Waals surface area (Å²) in [6.45, 7) is 9.88. The fourth-order valence-electron chi connectivity index (χ4n) is 2.98. The molecule has 1 amide bonds. The number of benzene rings is 1. The van der Waals surface area contributed by atoms with E-state index in [0.29, 0.717) is 19.5 Å². The van der Waals surface area contributed by atoms with Crippen LogP contribution in [-0.2, 0) is 11.3 Å². The summed E-state index contributed by atoms with van der Waals surface area (Å²) in [4.78, 5) is 18.8. The molecule has 154 valence electrons. The minimum atomic E-state index is -0.302. The Morgan fingerprint density at radius 3 is 2.46 bits per heavy atom. The zero-order chi connectivity index (χ0) is 20.7. The summed E-state index contributed by atoms with van der Waals surface area (Å²) in [5.41, 5.74) is 7.34. The van der Waals surface area contributed by atoms with Crippen LogP contribution in [-0.4, -0.2) is 45.3 Å². The zero-order valence-corrected chi connectivity index (χ0v) is 17.9. The van der Waals surface area contributed by atoms with Crippen LogP contribution in [0.4, 0.5) is 0 Å². The molecule has 1 unspecified atom stereocenters. The van der Waals surface area contributed by atoms with E-state index in [-0.39, 0.29) is 17.4 Å². The SMILES string of the molecule is CC(C)(C)CC(=O)N1CCC(O)C1.Cc1ncsc1-c1ccc(CNO)cc1. The van der Waals surface area contributed by atoms with Crippen LogP contribution in [0.2, 0.25) is 0 Å². The number of carbonyl (C=O) groups excluding carboxylic acids is 1. The number of hydrogen-bond donors (Lipinski definition) is 3. The lowest BCUT2D eigenvalue weighted by Crippen LogP contribution is -2.32. The minimum absolute atomic E-state index is 0.0463. The molecule has 3 rings (SSSR count). The molecule has 0 aliphatic carbocycles. The number of aryl methyl sites for hydroxylation is 1. The number of aliphatic hydroxyl groups excluding tert-OH is 1. The van der Waals surface area contributed by atoms with Crippen LogP contribution < -0.4 is 5.48 Å². The van der Waals surface area contributed by atoms with Crippen molar-refractivity contribution in [1.82, 2.24) is 15.4 Å². The lowest BCUT2D eigenvalue weighted by Gasteiger charge is -2.22. The fourth-order valence-corrected chi connectivity index (χ4v) is 3.79. The van der Waals surface area contributed by atoms with Crippen molar-refractivity contribution in [3.05, 3.63) is 41.0 Å². The molecule has 1 saturated heterocycles. The highest BCUT2D eigenvalue weighted by atomic mass is 32.1. The van der Waals surface area contributed by atoms with E-state index in [2.05, 4.69) is 31.2 Å². The van der Waals surface area contributed by atoms with Gasteiger partial charge in [-0.05, 0) is 29.9 Å². The maximum absolute atomic E-state index is 11.6. The van der Waals surface area contributed by atoms with Crippen molar-refractivity contribution in [2.45, 2.75) is 53.2 Å². The zero-order valence-electron chi connectivity index (χ0n) is 17.1. The molecular formula is C21H31N3O3S. The number of nitrogens with one attached hydrogen (secondary N) is 1. The number of β-amino-alcohol motifs (C(OH)–C–C–N with tert-alkyl or cyclic N) is 1. The number of carbonyl (C=O) groups is 1. The molecule has 0 bridgehead atoms. The average Bonchev–Trinajstić information content (AvgIpc) is 3.24. The number of hydroxylamine groups is 1. The van der Waals surface area contributed by atoms with Crippen LogP contribution in [0, 0.1) is 12.3 Å². The van der Waals surface area contributed by atoms with E-state index in [1.165, 1.54) is 10.4 Å². The van der Waals surface area contributed by atoms with Crippen molar-refractivity contribution in [2.24, 2.45) is 5.41 Å². The van der Waals surface area contributed by atoms with Crippen molar-refractivity contribution < 1.29 is 15.1 Å². The first-order chi connectivity index (χ1) is 13.2. The summed E-state index contributed by atoms with van der Waals surface area (Å²) in [5.74, 6) is 0.170. The summed E-state index contributed by atoms with van der Waals surface area (Å²) in [6.07, 6.45) is 0.999. The monoisotopic (exact) mass is 405 g/mol.